The van der Waals surface area contributed by atoms with Crippen molar-refractivity contribution in [2.45, 2.75) is 46.1 Å². The molecule has 6 heteroatoms. The number of aromatic nitrogens is 2. The maximum atomic E-state index is 5.75. The van der Waals surface area contributed by atoms with Gasteiger partial charge in [-0.05, 0) is 31.4 Å². The van der Waals surface area contributed by atoms with Crippen LogP contribution in [0.1, 0.15) is 39.3 Å². The number of nitrogens with zero attached hydrogens (tertiary/aromatic N) is 2. The van der Waals surface area contributed by atoms with Crippen LogP contribution < -0.4 is 14.8 Å². The molecule has 0 aliphatic heterocycles. The fourth-order valence-electron chi connectivity index (χ4n) is 2.69. The van der Waals surface area contributed by atoms with Gasteiger partial charge in [0.2, 0.25) is 0 Å². The zero-order valence-corrected chi connectivity index (χ0v) is 16.1. The average molecular weight is 364 g/mol. The van der Waals surface area contributed by atoms with Gasteiger partial charge in [-0.25, -0.2) is 9.97 Å². The summed E-state index contributed by atoms with van der Waals surface area (Å²) in [5.74, 6) is 1.86. The first-order chi connectivity index (χ1) is 12.2. The van der Waals surface area contributed by atoms with E-state index in [-0.39, 0.29) is 6.07 Å². The Kier molecular flexibility index (Phi) is 7.31. The van der Waals surface area contributed by atoms with Crippen LogP contribution >= 0.6 is 11.6 Å². The van der Waals surface area contributed by atoms with E-state index in [0.29, 0.717) is 23.5 Å². The molecule has 25 heavy (non-hydrogen) atoms. The number of hydrogen-bond acceptors (Lipinski definition) is 5. The standard InChI is InChI=1S/C19H26ClN3O2/c1-5-13(6-2)21-18-19(24-4)23-17(15(7-3)22-18)14-10-8-9-11-16(14)25-12-20/h8-11,13H,5-7,12H2,1-4H3,(H,21,22). The summed E-state index contributed by atoms with van der Waals surface area (Å²) in [5, 5.41) is 3.44. The molecule has 1 aromatic carbocycles. The fourth-order valence-corrected chi connectivity index (χ4v) is 2.80. The van der Waals surface area contributed by atoms with Crippen LogP contribution in [-0.4, -0.2) is 29.2 Å². The highest BCUT2D eigenvalue weighted by molar-refractivity contribution is 6.17. The first-order valence-corrected chi connectivity index (χ1v) is 9.21. The van der Waals surface area contributed by atoms with Crippen LogP contribution in [0.2, 0.25) is 0 Å². The van der Waals surface area contributed by atoms with Crippen LogP contribution in [0.3, 0.4) is 0 Å². The number of benzene rings is 1. The first-order valence-electron chi connectivity index (χ1n) is 8.67. The Morgan fingerprint density at radius 1 is 1.12 bits per heavy atom. The Morgan fingerprint density at radius 2 is 1.84 bits per heavy atom. The molecule has 2 aromatic rings. The highest BCUT2D eigenvalue weighted by Gasteiger charge is 2.19. The van der Waals surface area contributed by atoms with Gasteiger partial charge < -0.3 is 14.8 Å². The number of aryl methyl sites for hydroxylation is 1. The molecule has 0 saturated heterocycles. The van der Waals surface area contributed by atoms with E-state index in [9.17, 15) is 0 Å². The predicted octanol–water partition coefficient (Wildman–Crippen LogP) is 4.89. The topological polar surface area (TPSA) is 56.3 Å². The number of rotatable bonds is 9. The van der Waals surface area contributed by atoms with Crippen molar-refractivity contribution in [1.82, 2.24) is 9.97 Å². The van der Waals surface area contributed by atoms with Gasteiger partial charge in [0.05, 0.1) is 18.5 Å². The molecule has 0 radical (unpaired) electrons. The van der Waals surface area contributed by atoms with E-state index < -0.39 is 0 Å². The third-order valence-corrected chi connectivity index (χ3v) is 4.25. The molecule has 2 rings (SSSR count). The zero-order chi connectivity index (χ0) is 18.2. The predicted molar refractivity (Wildman–Crippen MR) is 103 cm³/mol. The molecule has 0 saturated carbocycles. The van der Waals surface area contributed by atoms with E-state index in [2.05, 4.69) is 26.1 Å². The second kappa shape index (κ2) is 9.47. The Balaban J connectivity index is 2.53. The lowest BCUT2D eigenvalue weighted by Gasteiger charge is -2.19. The van der Waals surface area contributed by atoms with Gasteiger partial charge in [0.25, 0.3) is 5.88 Å². The normalized spacial score (nSPS) is 10.8. The number of methoxy groups -OCH3 is 1. The Bertz CT molecular complexity index is 690. The van der Waals surface area contributed by atoms with Gasteiger partial charge in [-0.15, -0.1) is 0 Å². The van der Waals surface area contributed by atoms with E-state index in [1.54, 1.807) is 7.11 Å². The minimum absolute atomic E-state index is 0.0807. The Labute approximate surface area is 154 Å². The van der Waals surface area contributed by atoms with Crippen LogP contribution in [-0.2, 0) is 6.42 Å². The summed E-state index contributed by atoms with van der Waals surface area (Å²) >= 11 is 5.75. The average Bonchev–Trinajstić information content (AvgIpc) is 2.66. The minimum atomic E-state index is 0.0807. The van der Waals surface area contributed by atoms with Crippen LogP contribution in [0.4, 0.5) is 5.82 Å². The fraction of sp³-hybridized carbons (Fsp3) is 0.474. The third-order valence-electron chi connectivity index (χ3n) is 4.14. The lowest BCUT2D eigenvalue weighted by Crippen LogP contribution is -2.19. The van der Waals surface area contributed by atoms with Gasteiger partial charge in [-0.1, -0.05) is 44.5 Å². The molecule has 5 nitrogen and oxygen atoms in total. The van der Waals surface area contributed by atoms with Crippen molar-refractivity contribution in [2.24, 2.45) is 0 Å². The van der Waals surface area contributed by atoms with Crippen LogP contribution in [0.15, 0.2) is 24.3 Å². The Hall–Kier alpha value is -2.01. The zero-order valence-electron chi connectivity index (χ0n) is 15.3. The van der Waals surface area contributed by atoms with Crippen molar-refractivity contribution in [3.05, 3.63) is 30.0 Å². The molecule has 0 spiro atoms. The number of halogens is 1. The molecule has 136 valence electrons. The second-order valence-corrected chi connectivity index (χ2v) is 5.86. The number of hydrogen-bond donors (Lipinski definition) is 1. The van der Waals surface area contributed by atoms with Crippen molar-refractivity contribution in [3.63, 3.8) is 0 Å². The van der Waals surface area contributed by atoms with Crippen LogP contribution in [0, 0.1) is 0 Å². The maximum Gasteiger partial charge on any atom is 0.257 e. The minimum Gasteiger partial charge on any atom is -0.478 e. The summed E-state index contributed by atoms with van der Waals surface area (Å²) in [5.41, 5.74) is 2.51. The summed E-state index contributed by atoms with van der Waals surface area (Å²) in [4.78, 5) is 9.51. The summed E-state index contributed by atoms with van der Waals surface area (Å²) in [6, 6.07) is 8.10. The van der Waals surface area contributed by atoms with E-state index >= 15 is 0 Å². The summed E-state index contributed by atoms with van der Waals surface area (Å²) in [7, 11) is 1.61. The largest absolute Gasteiger partial charge is 0.478 e. The van der Waals surface area contributed by atoms with Crippen molar-refractivity contribution >= 4 is 17.4 Å². The molecular weight excluding hydrogens is 338 g/mol. The first kappa shape index (κ1) is 19.3. The van der Waals surface area contributed by atoms with E-state index in [4.69, 9.17) is 31.0 Å². The van der Waals surface area contributed by atoms with Gasteiger partial charge in [0, 0.05) is 11.6 Å². The van der Waals surface area contributed by atoms with Crippen molar-refractivity contribution in [3.8, 4) is 22.9 Å². The lowest BCUT2D eigenvalue weighted by molar-refractivity contribution is 0.388. The quantitative estimate of drug-likeness (QED) is 0.643. The number of alkyl halides is 1. The second-order valence-electron chi connectivity index (χ2n) is 5.64. The SMILES string of the molecule is CCc1nc(NC(CC)CC)c(OC)nc1-c1ccccc1OCCl. The van der Waals surface area contributed by atoms with Crippen LogP contribution in [0.25, 0.3) is 11.3 Å². The molecule has 0 fully saturated rings. The molecule has 1 heterocycles. The maximum absolute atomic E-state index is 5.75. The molecule has 0 amide bonds. The monoisotopic (exact) mass is 363 g/mol. The van der Waals surface area contributed by atoms with Crippen molar-refractivity contribution < 1.29 is 9.47 Å². The molecule has 0 unspecified atom stereocenters. The van der Waals surface area contributed by atoms with Crippen molar-refractivity contribution in [2.75, 3.05) is 18.5 Å². The summed E-state index contributed by atoms with van der Waals surface area (Å²) in [6.07, 6.45) is 2.77. The molecule has 0 bridgehead atoms. The summed E-state index contributed by atoms with van der Waals surface area (Å²) in [6.45, 7) is 6.36. The number of anilines is 1. The van der Waals surface area contributed by atoms with Gasteiger partial charge in [0.15, 0.2) is 11.9 Å². The van der Waals surface area contributed by atoms with Crippen LogP contribution in [0.5, 0.6) is 11.6 Å². The van der Waals surface area contributed by atoms with Gasteiger partial charge in [-0.2, -0.15) is 0 Å². The third kappa shape index (κ3) is 4.54. The van der Waals surface area contributed by atoms with E-state index in [0.717, 1.165) is 36.2 Å². The lowest BCUT2D eigenvalue weighted by atomic mass is 10.1. The molecule has 0 aliphatic carbocycles. The number of nitrogens with one attached hydrogen (secondary N) is 1. The van der Waals surface area contributed by atoms with E-state index in [1.807, 2.05) is 24.3 Å². The number of ether oxygens (including phenoxy) is 2. The molecular formula is C19H26ClN3O2. The van der Waals surface area contributed by atoms with E-state index in [1.165, 1.54) is 0 Å². The Morgan fingerprint density at radius 3 is 2.44 bits per heavy atom. The van der Waals surface area contributed by atoms with Gasteiger partial charge in [0.1, 0.15) is 5.75 Å². The molecule has 1 aromatic heterocycles. The van der Waals surface area contributed by atoms with Gasteiger partial charge >= 0.3 is 0 Å². The van der Waals surface area contributed by atoms with Crippen molar-refractivity contribution in [1.29, 1.82) is 0 Å². The summed E-state index contributed by atoms with van der Waals surface area (Å²) < 4.78 is 11.0. The smallest absolute Gasteiger partial charge is 0.257 e. The molecule has 1 N–H and O–H groups in total. The molecule has 0 aliphatic rings. The van der Waals surface area contributed by atoms with Gasteiger partial charge in [-0.3, -0.25) is 0 Å². The number of para-hydroxylation sites is 1. The molecule has 0 atom stereocenters. The highest BCUT2D eigenvalue weighted by atomic mass is 35.5. The highest BCUT2D eigenvalue weighted by Crippen LogP contribution is 2.34.